The predicted molar refractivity (Wildman–Crippen MR) is 113 cm³/mol. The number of nitrogens with one attached hydrogen (secondary N) is 1. The van der Waals surface area contributed by atoms with Gasteiger partial charge in [0.2, 0.25) is 17.7 Å². The van der Waals surface area contributed by atoms with Crippen LogP contribution in [0.5, 0.6) is 0 Å². The van der Waals surface area contributed by atoms with Crippen molar-refractivity contribution in [3.63, 3.8) is 0 Å². The first kappa shape index (κ1) is 19.0. The summed E-state index contributed by atoms with van der Waals surface area (Å²) in [6, 6.07) is 9.51. The van der Waals surface area contributed by atoms with Crippen molar-refractivity contribution in [2.45, 2.75) is 32.1 Å². The van der Waals surface area contributed by atoms with Crippen molar-refractivity contribution in [3.8, 4) is 0 Å². The highest BCUT2D eigenvalue weighted by Gasteiger charge is 2.58. The second-order valence-corrected chi connectivity index (χ2v) is 8.60. The molecule has 2 heterocycles. The first-order chi connectivity index (χ1) is 14.6. The summed E-state index contributed by atoms with van der Waals surface area (Å²) in [5, 5.41) is 3.92. The van der Waals surface area contributed by atoms with Crippen LogP contribution >= 0.6 is 0 Å². The monoisotopic (exact) mass is 403 g/mol. The zero-order valence-corrected chi connectivity index (χ0v) is 16.8. The fourth-order valence-corrected chi connectivity index (χ4v) is 5.29. The maximum atomic E-state index is 12.7. The van der Waals surface area contributed by atoms with Crippen LogP contribution in [0.15, 0.2) is 48.7 Å². The molecule has 2 aromatic rings. The second kappa shape index (κ2) is 7.67. The number of nitrogens with zero attached hydrogens (tertiary/aromatic N) is 2. The van der Waals surface area contributed by atoms with Gasteiger partial charge in [0, 0.05) is 30.2 Å². The van der Waals surface area contributed by atoms with E-state index >= 15 is 0 Å². The number of aromatic nitrogens is 1. The van der Waals surface area contributed by atoms with E-state index in [-0.39, 0.29) is 41.4 Å². The van der Waals surface area contributed by atoms with E-state index in [1.165, 1.54) is 4.90 Å². The van der Waals surface area contributed by atoms with Gasteiger partial charge in [-0.2, -0.15) is 0 Å². The number of pyridine rings is 1. The summed E-state index contributed by atoms with van der Waals surface area (Å²) in [6.07, 6.45) is 9.65. The summed E-state index contributed by atoms with van der Waals surface area (Å²) in [6.45, 7) is 0.476. The van der Waals surface area contributed by atoms with E-state index in [4.69, 9.17) is 0 Å². The average Bonchev–Trinajstić information content (AvgIpc) is 3.43. The van der Waals surface area contributed by atoms with Gasteiger partial charge in [0.1, 0.15) is 0 Å². The maximum Gasteiger partial charge on any atom is 0.233 e. The molecule has 2 fully saturated rings. The third-order valence-electron chi connectivity index (χ3n) is 6.73. The van der Waals surface area contributed by atoms with Crippen LogP contribution < -0.4 is 5.32 Å². The molecule has 1 saturated heterocycles. The molecule has 1 N–H and O–H groups in total. The van der Waals surface area contributed by atoms with E-state index in [9.17, 15) is 14.4 Å². The van der Waals surface area contributed by atoms with E-state index in [1.54, 1.807) is 6.20 Å². The lowest BCUT2D eigenvalue weighted by Gasteiger charge is -2.17. The third-order valence-corrected chi connectivity index (χ3v) is 6.73. The van der Waals surface area contributed by atoms with Crippen molar-refractivity contribution in [1.82, 2.24) is 9.88 Å². The van der Waals surface area contributed by atoms with Crippen molar-refractivity contribution in [3.05, 3.63) is 48.7 Å². The number of carbonyl (C=O) groups excluding carboxylic acids is 3. The molecule has 1 aliphatic heterocycles. The van der Waals surface area contributed by atoms with Gasteiger partial charge >= 0.3 is 0 Å². The number of rotatable bonds is 7. The molecule has 2 aliphatic carbocycles. The summed E-state index contributed by atoms with van der Waals surface area (Å²) in [5.74, 6) is 0.303. The molecule has 2 bridgehead atoms. The molecule has 5 rings (SSSR count). The van der Waals surface area contributed by atoms with Crippen LogP contribution in [0.2, 0.25) is 0 Å². The first-order valence-corrected chi connectivity index (χ1v) is 10.8. The number of allylic oxidation sites excluding steroid dienone is 2. The van der Waals surface area contributed by atoms with Crippen molar-refractivity contribution in [2.24, 2.45) is 23.7 Å². The predicted octanol–water partition coefficient (Wildman–Crippen LogP) is 3.54. The Balaban J connectivity index is 1.06. The lowest BCUT2D eigenvalue weighted by Crippen LogP contribution is -2.33. The SMILES string of the molecule is O=C(CCCCCN1C(=O)C2C3C=CC(C3)C2C1=O)Nc1ccc2ncccc2c1. The minimum atomic E-state index is -0.115. The van der Waals surface area contributed by atoms with Crippen LogP contribution in [0.1, 0.15) is 32.1 Å². The van der Waals surface area contributed by atoms with Crippen molar-refractivity contribution < 1.29 is 14.4 Å². The zero-order chi connectivity index (χ0) is 20.7. The molecular formula is C24H25N3O3. The molecule has 4 unspecified atom stereocenters. The number of unbranched alkanes of at least 4 members (excludes halogenated alkanes) is 2. The summed E-state index contributed by atoms with van der Waals surface area (Å²) in [4.78, 5) is 43.3. The fourth-order valence-electron chi connectivity index (χ4n) is 5.29. The summed E-state index contributed by atoms with van der Waals surface area (Å²) in [5.41, 5.74) is 1.66. The Morgan fingerprint density at radius 1 is 1.03 bits per heavy atom. The second-order valence-electron chi connectivity index (χ2n) is 8.60. The van der Waals surface area contributed by atoms with Gasteiger partial charge in [0.25, 0.3) is 0 Å². The number of imide groups is 1. The molecular weight excluding hydrogens is 378 g/mol. The highest BCUT2D eigenvalue weighted by atomic mass is 16.2. The van der Waals surface area contributed by atoms with Crippen LogP contribution in [0.3, 0.4) is 0 Å². The Morgan fingerprint density at radius 2 is 1.80 bits per heavy atom. The smallest absolute Gasteiger partial charge is 0.233 e. The van der Waals surface area contributed by atoms with Crippen LogP contribution in [0.25, 0.3) is 10.9 Å². The average molecular weight is 403 g/mol. The number of anilines is 1. The molecule has 3 amide bonds. The van der Waals surface area contributed by atoms with E-state index in [2.05, 4.69) is 22.5 Å². The number of likely N-dealkylation sites (tertiary alicyclic amines) is 1. The fraction of sp³-hybridized carbons (Fsp3) is 0.417. The van der Waals surface area contributed by atoms with Crippen molar-refractivity contribution >= 4 is 34.3 Å². The number of amides is 3. The number of carbonyl (C=O) groups is 3. The molecule has 0 spiro atoms. The van der Waals surface area contributed by atoms with Gasteiger partial charge < -0.3 is 5.32 Å². The molecule has 6 heteroatoms. The Kier molecular flexibility index (Phi) is 4.85. The first-order valence-electron chi connectivity index (χ1n) is 10.8. The zero-order valence-electron chi connectivity index (χ0n) is 16.8. The van der Waals surface area contributed by atoms with Gasteiger partial charge in [-0.15, -0.1) is 0 Å². The minimum Gasteiger partial charge on any atom is -0.326 e. The maximum absolute atomic E-state index is 12.7. The normalized spacial score (nSPS) is 26.6. The van der Waals surface area contributed by atoms with Crippen molar-refractivity contribution in [1.29, 1.82) is 0 Å². The van der Waals surface area contributed by atoms with Crippen molar-refractivity contribution in [2.75, 3.05) is 11.9 Å². The Bertz CT molecular complexity index is 1020. The van der Waals surface area contributed by atoms with Gasteiger partial charge in [0.15, 0.2) is 0 Å². The van der Waals surface area contributed by atoms with Gasteiger partial charge in [-0.25, -0.2) is 0 Å². The number of fused-ring (bicyclic) bond motifs is 6. The third kappa shape index (κ3) is 3.30. The molecule has 30 heavy (non-hydrogen) atoms. The molecule has 1 saturated carbocycles. The Morgan fingerprint density at radius 3 is 2.57 bits per heavy atom. The van der Waals surface area contributed by atoms with Gasteiger partial charge in [-0.05, 0) is 55.4 Å². The standard InChI is InChI=1S/C24H25N3O3/c28-20(26-18-9-10-19-15(14-18)5-4-11-25-19)6-2-1-3-12-27-23(29)21-16-7-8-17(13-16)22(21)24(27)30/h4-5,7-11,14,16-17,21-22H,1-3,6,12-13H2,(H,26,28). The quantitative estimate of drug-likeness (QED) is 0.436. The van der Waals surface area contributed by atoms with E-state index in [0.29, 0.717) is 13.0 Å². The number of hydrogen-bond donors (Lipinski definition) is 1. The lowest BCUT2D eigenvalue weighted by molar-refractivity contribution is -0.140. The van der Waals surface area contributed by atoms with E-state index < -0.39 is 0 Å². The summed E-state index contributed by atoms with van der Waals surface area (Å²) >= 11 is 0. The summed E-state index contributed by atoms with van der Waals surface area (Å²) in [7, 11) is 0. The highest BCUT2D eigenvalue weighted by molar-refractivity contribution is 6.06. The highest BCUT2D eigenvalue weighted by Crippen LogP contribution is 2.52. The molecule has 4 atom stereocenters. The van der Waals surface area contributed by atoms with Gasteiger partial charge in [0.05, 0.1) is 17.4 Å². The lowest BCUT2D eigenvalue weighted by atomic mass is 9.85. The van der Waals surface area contributed by atoms with Gasteiger partial charge in [-0.1, -0.05) is 24.6 Å². The van der Waals surface area contributed by atoms with Gasteiger partial charge in [-0.3, -0.25) is 24.3 Å². The van der Waals surface area contributed by atoms with Crippen LogP contribution in [-0.2, 0) is 14.4 Å². The topological polar surface area (TPSA) is 79.4 Å². The molecule has 1 aromatic carbocycles. The molecule has 3 aliphatic rings. The molecule has 1 aromatic heterocycles. The van der Waals surface area contributed by atoms with E-state index in [1.807, 2.05) is 30.3 Å². The van der Waals surface area contributed by atoms with Crippen LogP contribution in [0, 0.1) is 23.7 Å². The minimum absolute atomic E-state index is 0.0189. The number of hydrogen-bond acceptors (Lipinski definition) is 4. The molecule has 6 nitrogen and oxygen atoms in total. The number of benzene rings is 1. The summed E-state index contributed by atoms with van der Waals surface area (Å²) < 4.78 is 0. The molecule has 0 radical (unpaired) electrons. The Hall–Kier alpha value is -3.02. The van der Waals surface area contributed by atoms with E-state index in [0.717, 1.165) is 42.3 Å². The Labute approximate surface area is 175 Å². The molecule has 154 valence electrons. The van der Waals surface area contributed by atoms with Crippen LogP contribution in [-0.4, -0.2) is 34.2 Å². The largest absolute Gasteiger partial charge is 0.326 e. The van der Waals surface area contributed by atoms with Crippen LogP contribution in [0.4, 0.5) is 5.69 Å².